The van der Waals surface area contributed by atoms with Gasteiger partial charge in [-0.05, 0) is 41.0 Å². The molecule has 0 bridgehead atoms. The largest absolute Gasteiger partial charge is 0.392 e. The third-order valence-corrected chi connectivity index (χ3v) is 3.43. The van der Waals surface area contributed by atoms with E-state index in [2.05, 4.69) is 9.97 Å². The van der Waals surface area contributed by atoms with Crippen LogP contribution in [-0.4, -0.2) is 15.1 Å². The molecule has 5 heteroatoms. The van der Waals surface area contributed by atoms with Crippen molar-refractivity contribution in [3.05, 3.63) is 53.6 Å². The minimum Gasteiger partial charge on any atom is -0.392 e. The van der Waals surface area contributed by atoms with Gasteiger partial charge >= 0.3 is 0 Å². The Morgan fingerprint density at radius 3 is 2.90 bits per heavy atom. The summed E-state index contributed by atoms with van der Waals surface area (Å²) in [7, 11) is 0. The van der Waals surface area contributed by atoms with Crippen LogP contribution in [0.15, 0.2) is 36.7 Å². The highest BCUT2D eigenvalue weighted by molar-refractivity contribution is 5.82. The first-order valence-corrected chi connectivity index (χ1v) is 6.45. The molecule has 4 nitrogen and oxygen atoms in total. The number of aliphatic hydroxyl groups excluding tert-OH is 1. The Bertz CT molecular complexity index is 848. The number of fused-ring (bicyclic) bond motifs is 1. The predicted molar refractivity (Wildman–Crippen MR) is 76.7 cm³/mol. The van der Waals surface area contributed by atoms with Crippen LogP contribution >= 0.6 is 0 Å². The Labute approximate surface area is 120 Å². The van der Waals surface area contributed by atoms with E-state index in [9.17, 15) is 9.50 Å². The van der Waals surface area contributed by atoms with Crippen molar-refractivity contribution in [3.63, 3.8) is 0 Å². The van der Waals surface area contributed by atoms with Gasteiger partial charge in [0.15, 0.2) is 0 Å². The van der Waals surface area contributed by atoms with Crippen molar-refractivity contribution in [1.29, 1.82) is 5.26 Å². The van der Waals surface area contributed by atoms with Gasteiger partial charge in [0, 0.05) is 5.56 Å². The first-order chi connectivity index (χ1) is 10.2. The van der Waals surface area contributed by atoms with Crippen LogP contribution in [0, 0.1) is 17.1 Å². The average molecular weight is 281 g/mol. The first-order valence-electron chi connectivity index (χ1n) is 6.45. The van der Waals surface area contributed by atoms with Gasteiger partial charge in [-0.25, -0.2) is 9.37 Å². The van der Waals surface area contributed by atoms with Crippen molar-refractivity contribution >= 4 is 11.0 Å². The van der Waals surface area contributed by atoms with Gasteiger partial charge in [-0.3, -0.25) is 0 Å². The minimum atomic E-state index is -0.498. The molecule has 0 unspecified atom stereocenters. The number of imidazole rings is 1. The highest BCUT2D eigenvalue weighted by Gasteiger charge is 2.13. The lowest BCUT2D eigenvalue weighted by Crippen LogP contribution is -1.97. The summed E-state index contributed by atoms with van der Waals surface area (Å²) >= 11 is 0. The van der Waals surface area contributed by atoms with Crippen LogP contribution in [0.25, 0.3) is 22.2 Å². The van der Waals surface area contributed by atoms with Gasteiger partial charge in [-0.2, -0.15) is 5.26 Å². The molecule has 0 saturated carbocycles. The number of benzene rings is 2. The summed E-state index contributed by atoms with van der Waals surface area (Å²) < 4.78 is 14.1. The van der Waals surface area contributed by atoms with E-state index >= 15 is 0 Å². The van der Waals surface area contributed by atoms with Crippen LogP contribution in [0.2, 0.25) is 0 Å². The summed E-state index contributed by atoms with van der Waals surface area (Å²) in [4.78, 5) is 7.17. The fourth-order valence-corrected chi connectivity index (χ4v) is 2.40. The fourth-order valence-electron chi connectivity index (χ4n) is 2.40. The van der Waals surface area contributed by atoms with Crippen LogP contribution < -0.4 is 0 Å². The standard InChI is InChI=1S/C16H12FN3O/c17-14-6-10(3-4-18)5-12(13(14)8-21)11-1-2-15-16(7-11)20-9-19-15/h1-2,5-7,9,21H,3,8H2,(H,19,20). The molecule has 0 atom stereocenters. The van der Waals surface area contributed by atoms with Crippen molar-refractivity contribution in [3.8, 4) is 17.2 Å². The number of nitriles is 1. The topological polar surface area (TPSA) is 72.7 Å². The SMILES string of the molecule is N#CCc1cc(F)c(CO)c(-c2ccc3[nH]cnc3c2)c1. The van der Waals surface area contributed by atoms with Gasteiger partial charge in [-0.15, -0.1) is 0 Å². The molecule has 3 aromatic rings. The number of hydrogen-bond acceptors (Lipinski definition) is 3. The number of H-pyrrole nitrogens is 1. The van der Waals surface area contributed by atoms with Crippen LogP contribution in [0.1, 0.15) is 11.1 Å². The summed E-state index contributed by atoms with van der Waals surface area (Å²) in [6.07, 6.45) is 1.72. The average Bonchev–Trinajstić information content (AvgIpc) is 2.94. The number of nitrogens with zero attached hydrogens (tertiary/aromatic N) is 2. The van der Waals surface area contributed by atoms with E-state index in [0.29, 0.717) is 11.1 Å². The molecule has 1 aromatic heterocycles. The lowest BCUT2D eigenvalue weighted by molar-refractivity contribution is 0.276. The molecular weight excluding hydrogens is 269 g/mol. The highest BCUT2D eigenvalue weighted by Crippen LogP contribution is 2.29. The summed E-state index contributed by atoms with van der Waals surface area (Å²) in [5, 5.41) is 18.2. The first kappa shape index (κ1) is 13.3. The van der Waals surface area contributed by atoms with Crippen molar-refractivity contribution in [2.24, 2.45) is 0 Å². The van der Waals surface area contributed by atoms with Gasteiger partial charge < -0.3 is 10.1 Å². The summed E-state index contributed by atoms with van der Waals surface area (Å²) in [6.45, 7) is -0.396. The number of hydrogen-bond donors (Lipinski definition) is 2. The molecule has 104 valence electrons. The maximum Gasteiger partial charge on any atom is 0.129 e. The molecule has 0 radical (unpaired) electrons. The monoisotopic (exact) mass is 281 g/mol. The number of halogens is 1. The third-order valence-electron chi connectivity index (χ3n) is 3.43. The predicted octanol–water partition coefficient (Wildman–Crippen LogP) is 2.93. The molecule has 0 amide bonds. The lowest BCUT2D eigenvalue weighted by atomic mass is 9.96. The quantitative estimate of drug-likeness (QED) is 0.775. The van der Waals surface area contributed by atoms with E-state index in [-0.39, 0.29) is 12.0 Å². The number of rotatable bonds is 3. The molecule has 0 aliphatic heterocycles. The van der Waals surface area contributed by atoms with Crippen molar-refractivity contribution in [2.75, 3.05) is 0 Å². The van der Waals surface area contributed by atoms with Gasteiger partial charge in [0.2, 0.25) is 0 Å². The molecule has 0 saturated heterocycles. The Hall–Kier alpha value is -2.71. The molecule has 0 aliphatic carbocycles. The molecule has 0 fully saturated rings. The second-order valence-corrected chi connectivity index (χ2v) is 4.73. The minimum absolute atomic E-state index is 0.125. The number of nitrogens with one attached hydrogen (secondary N) is 1. The molecule has 21 heavy (non-hydrogen) atoms. The number of aromatic amines is 1. The van der Waals surface area contributed by atoms with Crippen LogP contribution in [-0.2, 0) is 13.0 Å². The lowest BCUT2D eigenvalue weighted by Gasteiger charge is -2.11. The maximum atomic E-state index is 14.1. The molecule has 2 N–H and O–H groups in total. The van der Waals surface area contributed by atoms with Gasteiger partial charge in [0.1, 0.15) is 5.82 Å². The summed E-state index contributed by atoms with van der Waals surface area (Å²) in [6, 6.07) is 10.6. The van der Waals surface area contributed by atoms with Crippen LogP contribution in [0.3, 0.4) is 0 Å². The fraction of sp³-hybridized carbons (Fsp3) is 0.125. The van der Waals surface area contributed by atoms with Crippen molar-refractivity contribution < 1.29 is 9.50 Å². The maximum absolute atomic E-state index is 14.1. The molecule has 0 spiro atoms. The van der Waals surface area contributed by atoms with Crippen molar-refractivity contribution in [1.82, 2.24) is 9.97 Å². The summed E-state index contributed by atoms with van der Waals surface area (Å²) in [5.41, 5.74) is 3.82. The second kappa shape index (κ2) is 5.35. The highest BCUT2D eigenvalue weighted by atomic mass is 19.1. The van der Waals surface area contributed by atoms with Gasteiger partial charge in [0.25, 0.3) is 0 Å². The van der Waals surface area contributed by atoms with Crippen LogP contribution in [0.4, 0.5) is 4.39 Å². The van der Waals surface area contributed by atoms with Gasteiger partial charge in [0.05, 0.1) is 36.5 Å². The zero-order valence-electron chi connectivity index (χ0n) is 11.1. The Morgan fingerprint density at radius 1 is 1.29 bits per heavy atom. The number of aliphatic hydroxyl groups is 1. The van der Waals surface area contributed by atoms with E-state index in [4.69, 9.17) is 5.26 Å². The van der Waals surface area contributed by atoms with E-state index in [1.165, 1.54) is 6.07 Å². The Balaban J connectivity index is 2.21. The third kappa shape index (κ3) is 2.37. The Morgan fingerprint density at radius 2 is 2.14 bits per heavy atom. The smallest absolute Gasteiger partial charge is 0.129 e. The van der Waals surface area contributed by atoms with Crippen LogP contribution in [0.5, 0.6) is 0 Å². The molecule has 3 rings (SSSR count). The Kier molecular flexibility index (Phi) is 3.38. The zero-order valence-corrected chi connectivity index (χ0v) is 11.1. The van der Waals surface area contributed by atoms with E-state index < -0.39 is 12.4 Å². The van der Waals surface area contributed by atoms with E-state index in [1.807, 2.05) is 24.3 Å². The molecule has 0 aliphatic rings. The van der Waals surface area contributed by atoms with Crippen molar-refractivity contribution in [2.45, 2.75) is 13.0 Å². The second-order valence-electron chi connectivity index (χ2n) is 4.73. The molecule has 2 aromatic carbocycles. The van der Waals surface area contributed by atoms with E-state index in [0.717, 1.165) is 16.6 Å². The summed E-state index contributed by atoms with van der Waals surface area (Å²) in [5.74, 6) is -0.498. The van der Waals surface area contributed by atoms with E-state index in [1.54, 1.807) is 12.4 Å². The normalized spacial score (nSPS) is 10.7. The molecule has 1 heterocycles. The van der Waals surface area contributed by atoms with Gasteiger partial charge in [-0.1, -0.05) is 6.07 Å². The zero-order chi connectivity index (χ0) is 14.8. The number of aromatic nitrogens is 2. The molecular formula is C16H12FN3O.